The lowest BCUT2D eigenvalue weighted by molar-refractivity contribution is 0.332. The van der Waals surface area contributed by atoms with Crippen LogP contribution >= 0.6 is 0 Å². The zero-order valence-corrected chi connectivity index (χ0v) is 17.0. The molecule has 0 radical (unpaired) electrons. The van der Waals surface area contributed by atoms with Crippen LogP contribution < -0.4 is 5.63 Å². The van der Waals surface area contributed by atoms with Gasteiger partial charge in [0.1, 0.15) is 11.3 Å². The highest BCUT2D eigenvalue weighted by molar-refractivity contribution is 5.97. The fraction of sp³-hybridized carbons (Fsp3) is 0.333. The Morgan fingerprint density at radius 2 is 1.79 bits per heavy atom. The Balaban J connectivity index is 1.71. The van der Waals surface area contributed by atoms with Gasteiger partial charge < -0.3 is 8.83 Å². The zero-order chi connectivity index (χ0) is 20.1. The van der Waals surface area contributed by atoms with Crippen LogP contribution in [0.15, 0.2) is 44.1 Å². The molecule has 0 aliphatic carbocycles. The number of rotatable bonds is 3. The number of hydrogen-bond donors (Lipinski definition) is 0. The minimum Gasteiger partial charge on any atom is -0.454 e. The molecule has 1 fully saturated rings. The molecule has 0 atom stereocenters. The van der Waals surface area contributed by atoms with E-state index in [0.717, 1.165) is 58.4 Å². The third-order valence-electron chi connectivity index (χ3n) is 6.11. The molecule has 0 bridgehead atoms. The standard InChI is InChI=1S/C24H24N2O3/c1-14-6-7-18-20(11-22(27)29-23(18)15(14)2)21-10-19-17(13-26-8-4-5-9-26)12-25-16(3)24(19)28-21/h6-7,10-12H,4-5,8-9,13H2,1-3H3. The minimum atomic E-state index is -0.367. The van der Waals surface area contributed by atoms with E-state index in [0.29, 0.717) is 11.3 Å². The second-order valence-electron chi connectivity index (χ2n) is 8.07. The molecule has 1 saturated heterocycles. The molecule has 0 unspecified atom stereocenters. The quantitative estimate of drug-likeness (QED) is 0.456. The van der Waals surface area contributed by atoms with Gasteiger partial charge in [0, 0.05) is 35.1 Å². The summed E-state index contributed by atoms with van der Waals surface area (Å²) >= 11 is 0. The smallest absolute Gasteiger partial charge is 0.336 e. The Labute approximate surface area is 169 Å². The lowest BCUT2D eigenvalue weighted by Gasteiger charge is -2.14. The van der Waals surface area contributed by atoms with Crippen LogP contribution in [-0.2, 0) is 6.54 Å². The topological polar surface area (TPSA) is 59.5 Å². The molecule has 5 nitrogen and oxygen atoms in total. The second kappa shape index (κ2) is 6.85. The molecule has 1 aliphatic rings. The third-order valence-corrected chi connectivity index (χ3v) is 6.11. The normalized spacial score (nSPS) is 15.0. The van der Waals surface area contributed by atoms with Crippen molar-refractivity contribution in [2.24, 2.45) is 0 Å². The Morgan fingerprint density at radius 1 is 1.00 bits per heavy atom. The number of fused-ring (bicyclic) bond motifs is 2. The molecule has 4 aromatic rings. The van der Waals surface area contributed by atoms with Gasteiger partial charge in [-0.3, -0.25) is 9.88 Å². The van der Waals surface area contributed by atoms with Crippen LogP contribution in [0.1, 0.15) is 35.2 Å². The summed E-state index contributed by atoms with van der Waals surface area (Å²) in [7, 11) is 0. The molecule has 148 valence electrons. The summed E-state index contributed by atoms with van der Waals surface area (Å²) in [6.07, 6.45) is 4.47. The van der Waals surface area contributed by atoms with Crippen LogP contribution in [0.3, 0.4) is 0 Å². The summed E-state index contributed by atoms with van der Waals surface area (Å²) in [5.74, 6) is 0.680. The summed E-state index contributed by atoms with van der Waals surface area (Å²) < 4.78 is 11.8. The van der Waals surface area contributed by atoms with Gasteiger partial charge in [0.2, 0.25) is 0 Å². The molecule has 0 N–H and O–H groups in total. The van der Waals surface area contributed by atoms with Gasteiger partial charge in [-0.15, -0.1) is 0 Å². The van der Waals surface area contributed by atoms with Crippen molar-refractivity contribution in [3.8, 4) is 11.3 Å². The molecule has 5 rings (SSSR count). The van der Waals surface area contributed by atoms with Gasteiger partial charge in [-0.2, -0.15) is 0 Å². The molecule has 4 heterocycles. The van der Waals surface area contributed by atoms with E-state index in [-0.39, 0.29) is 5.63 Å². The van der Waals surface area contributed by atoms with Crippen molar-refractivity contribution in [2.45, 2.75) is 40.2 Å². The fourth-order valence-electron chi connectivity index (χ4n) is 4.30. The Morgan fingerprint density at radius 3 is 2.59 bits per heavy atom. The maximum atomic E-state index is 12.3. The van der Waals surface area contributed by atoms with E-state index < -0.39 is 0 Å². The number of hydrogen-bond acceptors (Lipinski definition) is 5. The predicted octanol–water partition coefficient (Wildman–Crippen LogP) is 5.12. The van der Waals surface area contributed by atoms with Gasteiger partial charge in [0.15, 0.2) is 5.58 Å². The molecule has 1 aromatic carbocycles. The molecule has 5 heteroatoms. The van der Waals surface area contributed by atoms with E-state index >= 15 is 0 Å². The first kappa shape index (κ1) is 18.1. The van der Waals surface area contributed by atoms with Crippen LogP contribution in [0.2, 0.25) is 0 Å². The van der Waals surface area contributed by atoms with Gasteiger partial charge in [0.25, 0.3) is 0 Å². The third kappa shape index (κ3) is 3.06. The fourth-order valence-corrected chi connectivity index (χ4v) is 4.30. The maximum Gasteiger partial charge on any atom is 0.336 e. The van der Waals surface area contributed by atoms with Crippen molar-refractivity contribution in [3.63, 3.8) is 0 Å². The first-order valence-corrected chi connectivity index (χ1v) is 10.2. The number of likely N-dealkylation sites (tertiary alicyclic amines) is 1. The summed E-state index contributed by atoms with van der Waals surface area (Å²) in [5.41, 5.74) is 5.91. The number of aryl methyl sites for hydroxylation is 3. The SMILES string of the molecule is Cc1ccc2c(-c3cc4c(CN5CCCC5)cnc(C)c4o3)cc(=O)oc2c1C. The van der Waals surface area contributed by atoms with Crippen molar-refractivity contribution < 1.29 is 8.83 Å². The predicted molar refractivity (Wildman–Crippen MR) is 114 cm³/mol. The molecule has 29 heavy (non-hydrogen) atoms. The van der Waals surface area contributed by atoms with Crippen molar-refractivity contribution in [1.29, 1.82) is 0 Å². The number of furan rings is 1. The van der Waals surface area contributed by atoms with Gasteiger partial charge in [-0.25, -0.2) is 4.79 Å². The van der Waals surface area contributed by atoms with Gasteiger partial charge in [0.05, 0.1) is 5.69 Å². The second-order valence-corrected chi connectivity index (χ2v) is 8.07. The summed E-state index contributed by atoms with van der Waals surface area (Å²) in [5, 5.41) is 1.96. The number of aromatic nitrogens is 1. The lowest BCUT2D eigenvalue weighted by atomic mass is 10.0. The Hall–Kier alpha value is -2.92. The molecule has 1 aliphatic heterocycles. The summed E-state index contributed by atoms with van der Waals surface area (Å²) in [6.45, 7) is 9.08. The van der Waals surface area contributed by atoms with Crippen LogP contribution in [0.4, 0.5) is 0 Å². The van der Waals surface area contributed by atoms with Crippen LogP contribution in [0, 0.1) is 20.8 Å². The van der Waals surface area contributed by atoms with Crippen molar-refractivity contribution in [3.05, 3.63) is 63.3 Å². The molecular formula is C24H24N2O3. The largest absolute Gasteiger partial charge is 0.454 e. The van der Waals surface area contributed by atoms with E-state index in [1.807, 2.05) is 33.0 Å². The Bertz CT molecular complexity index is 1290. The van der Waals surface area contributed by atoms with Crippen LogP contribution in [-0.4, -0.2) is 23.0 Å². The van der Waals surface area contributed by atoms with Crippen LogP contribution in [0.5, 0.6) is 0 Å². The number of pyridine rings is 1. The van der Waals surface area contributed by atoms with E-state index in [4.69, 9.17) is 8.83 Å². The van der Waals surface area contributed by atoms with Crippen LogP contribution in [0.25, 0.3) is 33.3 Å². The molecule has 0 saturated carbocycles. The van der Waals surface area contributed by atoms with Gasteiger partial charge in [-0.1, -0.05) is 12.1 Å². The monoisotopic (exact) mass is 388 g/mol. The first-order chi connectivity index (χ1) is 14.0. The van der Waals surface area contributed by atoms with E-state index in [1.165, 1.54) is 24.5 Å². The molecule has 0 amide bonds. The highest BCUT2D eigenvalue weighted by Crippen LogP contribution is 2.35. The van der Waals surface area contributed by atoms with Gasteiger partial charge in [-0.05, 0) is 69.5 Å². The summed E-state index contributed by atoms with van der Waals surface area (Å²) in [6, 6.07) is 7.63. The average molecular weight is 388 g/mol. The number of benzene rings is 1. The van der Waals surface area contributed by atoms with E-state index in [1.54, 1.807) is 0 Å². The highest BCUT2D eigenvalue weighted by atomic mass is 16.4. The molecular weight excluding hydrogens is 364 g/mol. The van der Waals surface area contributed by atoms with Crippen molar-refractivity contribution in [1.82, 2.24) is 9.88 Å². The zero-order valence-electron chi connectivity index (χ0n) is 17.0. The maximum absolute atomic E-state index is 12.3. The summed E-state index contributed by atoms with van der Waals surface area (Å²) in [4.78, 5) is 19.3. The first-order valence-electron chi connectivity index (χ1n) is 10.2. The van der Waals surface area contributed by atoms with Crippen molar-refractivity contribution >= 4 is 21.9 Å². The van der Waals surface area contributed by atoms with E-state index in [9.17, 15) is 4.79 Å². The highest BCUT2D eigenvalue weighted by Gasteiger charge is 2.19. The lowest BCUT2D eigenvalue weighted by Crippen LogP contribution is -2.18. The average Bonchev–Trinajstić information content (AvgIpc) is 3.37. The number of nitrogens with zero attached hydrogens (tertiary/aromatic N) is 2. The van der Waals surface area contributed by atoms with E-state index in [2.05, 4.69) is 22.0 Å². The minimum absolute atomic E-state index is 0.367. The molecule has 0 spiro atoms. The Kier molecular flexibility index (Phi) is 4.28. The molecule has 3 aromatic heterocycles. The van der Waals surface area contributed by atoms with Gasteiger partial charge >= 0.3 is 5.63 Å². The van der Waals surface area contributed by atoms with Crippen molar-refractivity contribution in [2.75, 3.05) is 13.1 Å².